The first-order valence-electron chi connectivity index (χ1n) is 7.07. The number of para-hydroxylation sites is 1. The van der Waals surface area contributed by atoms with Crippen molar-refractivity contribution in [1.82, 2.24) is 0 Å². The minimum absolute atomic E-state index is 0.149. The van der Waals surface area contributed by atoms with E-state index in [2.05, 4.69) is 26.0 Å². The van der Waals surface area contributed by atoms with E-state index in [1.165, 1.54) is 4.90 Å². The number of anilines is 1. The number of unbranched alkanes of at least 4 members (excludes halogenated alkanes) is 1. The first-order valence-corrected chi connectivity index (χ1v) is 7.87. The Labute approximate surface area is 136 Å². The summed E-state index contributed by atoms with van der Waals surface area (Å²) in [6.45, 7) is 2.85. The van der Waals surface area contributed by atoms with Crippen LogP contribution in [0.5, 0.6) is 5.75 Å². The molecule has 1 aliphatic rings. The third kappa shape index (κ3) is 3.84. The number of ether oxygens (including phenoxy) is 2. The lowest BCUT2D eigenvalue weighted by Crippen LogP contribution is -2.45. The highest BCUT2D eigenvalue weighted by atomic mass is 79.9. The Bertz CT molecular complexity index is 589. The van der Waals surface area contributed by atoms with E-state index in [9.17, 15) is 4.79 Å². The van der Waals surface area contributed by atoms with Crippen LogP contribution in [0.4, 0.5) is 10.5 Å². The van der Waals surface area contributed by atoms with Crippen molar-refractivity contribution in [2.24, 2.45) is 5.11 Å². The van der Waals surface area contributed by atoms with Crippen LogP contribution in [0.25, 0.3) is 10.4 Å². The standard InChI is InChI=1S/C14H17BrN4O3/c1-2-3-7-21-14(20)19-9-10(8-17-18-16)22-13-11(15)5-4-6-12(13)19/h4-6,10H,2-3,7-9H2,1H3/t10-/m0/s1. The Morgan fingerprint density at radius 2 is 2.45 bits per heavy atom. The molecule has 0 fully saturated rings. The van der Waals surface area contributed by atoms with Crippen LogP contribution < -0.4 is 9.64 Å². The normalized spacial score (nSPS) is 16.3. The number of carbonyl (C=O) groups is 1. The zero-order valence-electron chi connectivity index (χ0n) is 12.2. The number of nitrogens with zero attached hydrogens (tertiary/aromatic N) is 4. The lowest BCUT2D eigenvalue weighted by atomic mass is 10.2. The number of hydrogen-bond donors (Lipinski definition) is 0. The predicted molar refractivity (Wildman–Crippen MR) is 86.2 cm³/mol. The van der Waals surface area contributed by atoms with Gasteiger partial charge in [-0.25, -0.2) is 4.79 Å². The molecule has 0 saturated heterocycles. The first-order chi connectivity index (χ1) is 10.7. The number of benzene rings is 1. The predicted octanol–water partition coefficient (Wildman–Crippen LogP) is 4.26. The van der Waals surface area contributed by atoms with Crippen LogP contribution in [0, 0.1) is 0 Å². The number of hydrogen-bond acceptors (Lipinski definition) is 4. The molecule has 1 aromatic rings. The molecule has 0 aromatic heterocycles. The van der Waals surface area contributed by atoms with Gasteiger partial charge in [0.2, 0.25) is 0 Å². The van der Waals surface area contributed by atoms with Crippen LogP contribution in [0.3, 0.4) is 0 Å². The van der Waals surface area contributed by atoms with Gasteiger partial charge in [-0.2, -0.15) is 0 Å². The van der Waals surface area contributed by atoms with E-state index in [0.29, 0.717) is 18.0 Å². The van der Waals surface area contributed by atoms with E-state index in [1.54, 1.807) is 6.07 Å². The molecule has 0 N–H and O–H groups in total. The molecule has 0 radical (unpaired) electrons. The molecular weight excluding hydrogens is 352 g/mol. The van der Waals surface area contributed by atoms with Crippen LogP contribution in [-0.4, -0.2) is 31.9 Å². The van der Waals surface area contributed by atoms with E-state index in [1.807, 2.05) is 19.1 Å². The second kappa shape index (κ2) is 7.91. The topological polar surface area (TPSA) is 87.5 Å². The zero-order valence-corrected chi connectivity index (χ0v) is 13.8. The Hall–Kier alpha value is -1.92. The minimum Gasteiger partial charge on any atom is -0.485 e. The van der Waals surface area contributed by atoms with Gasteiger partial charge in [-0.1, -0.05) is 24.5 Å². The average molecular weight is 369 g/mol. The van der Waals surface area contributed by atoms with Gasteiger partial charge in [0.1, 0.15) is 6.10 Å². The van der Waals surface area contributed by atoms with Gasteiger partial charge in [-0.05, 0) is 40.0 Å². The highest BCUT2D eigenvalue weighted by molar-refractivity contribution is 9.10. The summed E-state index contributed by atoms with van der Waals surface area (Å²) in [7, 11) is 0. The highest BCUT2D eigenvalue weighted by Gasteiger charge is 2.31. The summed E-state index contributed by atoms with van der Waals surface area (Å²) >= 11 is 3.41. The molecule has 22 heavy (non-hydrogen) atoms. The van der Waals surface area contributed by atoms with Crippen LogP contribution >= 0.6 is 15.9 Å². The van der Waals surface area contributed by atoms with Crippen LogP contribution in [0.2, 0.25) is 0 Å². The molecular formula is C14H17BrN4O3. The summed E-state index contributed by atoms with van der Waals surface area (Å²) in [4.78, 5) is 16.6. The maximum atomic E-state index is 12.3. The molecule has 1 heterocycles. The molecule has 0 bridgehead atoms. The number of halogens is 1. The molecule has 0 saturated carbocycles. The molecule has 2 rings (SSSR count). The Balaban J connectivity index is 2.22. The van der Waals surface area contributed by atoms with Crippen molar-refractivity contribution in [2.75, 3.05) is 24.6 Å². The van der Waals surface area contributed by atoms with Crippen molar-refractivity contribution in [1.29, 1.82) is 0 Å². The van der Waals surface area contributed by atoms with Gasteiger partial charge >= 0.3 is 6.09 Å². The summed E-state index contributed by atoms with van der Waals surface area (Å²) in [6.07, 6.45) is 0.963. The minimum atomic E-state index is -0.415. The first kappa shape index (κ1) is 16.5. The molecule has 0 spiro atoms. The van der Waals surface area contributed by atoms with Crippen LogP contribution in [0.1, 0.15) is 19.8 Å². The lowest BCUT2D eigenvalue weighted by molar-refractivity contribution is 0.140. The van der Waals surface area contributed by atoms with Gasteiger partial charge in [0.25, 0.3) is 0 Å². The van der Waals surface area contributed by atoms with E-state index >= 15 is 0 Å². The number of fused-ring (bicyclic) bond motifs is 1. The van der Waals surface area contributed by atoms with Crippen LogP contribution in [-0.2, 0) is 4.74 Å². The number of carbonyl (C=O) groups excluding carboxylic acids is 1. The molecule has 1 aliphatic heterocycles. The average Bonchev–Trinajstić information content (AvgIpc) is 2.53. The molecule has 7 nitrogen and oxygen atoms in total. The van der Waals surface area contributed by atoms with Crippen molar-refractivity contribution in [3.05, 3.63) is 33.1 Å². The van der Waals surface area contributed by atoms with Gasteiger partial charge in [0, 0.05) is 4.91 Å². The van der Waals surface area contributed by atoms with Crippen molar-refractivity contribution < 1.29 is 14.3 Å². The van der Waals surface area contributed by atoms with Crippen LogP contribution in [0.15, 0.2) is 27.8 Å². The summed E-state index contributed by atoms with van der Waals surface area (Å²) in [5, 5.41) is 3.53. The monoisotopic (exact) mass is 368 g/mol. The fourth-order valence-corrected chi connectivity index (χ4v) is 2.56. The highest BCUT2D eigenvalue weighted by Crippen LogP contribution is 2.39. The fourth-order valence-electron chi connectivity index (χ4n) is 2.11. The molecule has 0 aliphatic carbocycles. The summed E-state index contributed by atoms with van der Waals surface area (Å²) in [6, 6.07) is 5.45. The molecule has 8 heteroatoms. The number of rotatable bonds is 5. The summed E-state index contributed by atoms with van der Waals surface area (Å²) in [5.41, 5.74) is 9.10. The molecule has 1 amide bonds. The second-order valence-corrected chi connectivity index (χ2v) is 5.67. The van der Waals surface area contributed by atoms with E-state index in [0.717, 1.165) is 17.3 Å². The summed E-state index contributed by atoms with van der Waals surface area (Å²) < 4.78 is 11.8. The van der Waals surface area contributed by atoms with Gasteiger partial charge in [-0.15, -0.1) is 0 Å². The third-order valence-electron chi connectivity index (χ3n) is 3.20. The number of amides is 1. The molecule has 0 unspecified atom stereocenters. The quantitative estimate of drug-likeness (QED) is 0.336. The Kier molecular flexibility index (Phi) is 5.91. The second-order valence-electron chi connectivity index (χ2n) is 4.82. The van der Waals surface area contributed by atoms with E-state index in [4.69, 9.17) is 15.0 Å². The smallest absolute Gasteiger partial charge is 0.414 e. The maximum absolute atomic E-state index is 12.3. The number of azide groups is 1. The van der Waals surface area contributed by atoms with E-state index in [-0.39, 0.29) is 13.1 Å². The van der Waals surface area contributed by atoms with Gasteiger partial charge in [-0.3, -0.25) is 4.90 Å². The van der Waals surface area contributed by atoms with Crippen molar-refractivity contribution in [3.63, 3.8) is 0 Å². The Morgan fingerprint density at radius 1 is 1.64 bits per heavy atom. The van der Waals surface area contributed by atoms with Gasteiger partial charge < -0.3 is 9.47 Å². The van der Waals surface area contributed by atoms with E-state index < -0.39 is 12.2 Å². The van der Waals surface area contributed by atoms with Gasteiger partial charge in [0.15, 0.2) is 5.75 Å². The van der Waals surface area contributed by atoms with Crippen molar-refractivity contribution >= 4 is 27.7 Å². The molecule has 1 aromatic carbocycles. The third-order valence-corrected chi connectivity index (χ3v) is 3.82. The molecule has 118 valence electrons. The van der Waals surface area contributed by atoms with Gasteiger partial charge in [0.05, 0.1) is 29.9 Å². The maximum Gasteiger partial charge on any atom is 0.414 e. The zero-order chi connectivity index (χ0) is 15.9. The largest absolute Gasteiger partial charge is 0.485 e. The van der Waals surface area contributed by atoms with Crippen molar-refractivity contribution in [2.45, 2.75) is 25.9 Å². The Morgan fingerprint density at radius 3 is 3.18 bits per heavy atom. The SMILES string of the molecule is CCCCOC(=O)N1C[C@H](CN=[N+]=[N-])Oc2c(Br)cccc21. The summed E-state index contributed by atoms with van der Waals surface area (Å²) in [5.74, 6) is 0.555. The lowest BCUT2D eigenvalue weighted by Gasteiger charge is -2.34. The van der Waals surface area contributed by atoms with Crippen molar-refractivity contribution in [3.8, 4) is 5.75 Å². The fraction of sp³-hybridized carbons (Fsp3) is 0.500. The molecule has 1 atom stereocenters.